The Hall–Kier alpha value is -4.81. The monoisotopic (exact) mass is 738 g/mol. The molecule has 2 aromatic heterocycles. The van der Waals surface area contributed by atoms with Crippen LogP contribution in [0.15, 0.2) is 59.8 Å². The van der Waals surface area contributed by atoms with Gasteiger partial charge in [-0.25, -0.2) is 23.2 Å². The first-order valence-electron chi connectivity index (χ1n) is 17.1. The van der Waals surface area contributed by atoms with Crippen LogP contribution in [0, 0.1) is 5.41 Å². The van der Waals surface area contributed by atoms with Crippen LogP contribution < -0.4 is 20.4 Å². The zero-order chi connectivity index (χ0) is 36.4. The summed E-state index contributed by atoms with van der Waals surface area (Å²) in [4.78, 5) is 38.0. The van der Waals surface area contributed by atoms with Gasteiger partial charge in [0.15, 0.2) is 5.82 Å². The molecule has 52 heavy (non-hydrogen) atoms. The number of likely N-dealkylation sites (tertiary alicyclic amines) is 1. The van der Waals surface area contributed by atoms with Crippen LogP contribution >= 0.6 is 0 Å². The molecule has 0 unspecified atom stereocenters. The number of benzene rings is 2. The molecule has 274 valence electrons. The number of alkyl halides is 3. The van der Waals surface area contributed by atoms with Crippen molar-refractivity contribution in [2.45, 2.75) is 42.9 Å². The summed E-state index contributed by atoms with van der Waals surface area (Å²) < 4.78 is 68.8. The molecule has 4 fully saturated rings. The molecule has 0 radical (unpaired) electrons. The first-order valence-corrected chi connectivity index (χ1v) is 18.5. The lowest BCUT2D eigenvalue weighted by Crippen LogP contribution is -2.71. The van der Waals surface area contributed by atoms with Gasteiger partial charge >= 0.3 is 12.2 Å². The van der Waals surface area contributed by atoms with E-state index in [0.717, 1.165) is 60.7 Å². The van der Waals surface area contributed by atoms with Gasteiger partial charge in [0.25, 0.3) is 0 Å². The zero-order valence-corrected chi connectivity index (χ0v) is 29.1. The molecule has 18 heteroatoms. The molecule has 0 bridgehead atoms. The number of imide groups is 1. The maximum atomic E-state index is 13.6. The smallest absolute Gasteiger partial charge is 0.370 e. The summed E-state index contributed by atoms with van der Waals surface area (Å²) >= 11 is 0. The summed E-state index contributed by atoms with van der Waals surface area (Å²) in [5.41, 5.74) is 2.15. The minimum absolute atomic E-state index is 0.0798. The molecule has 1 spiro atoms. The van der Waals surface area contributed by atoms with Crippen LogP contribution in [0.25, 0.3) is 10.9 Å². The molecule has 14 nitrogen and oxygen atoms in total. The first-order chi connectivity index (χ1) is 24.8. The van der Waals surface area contributed by atoms with Crippen LogP contribution in [0.2, 0.25) is 0 Å². The minimum Gasteiger partial charge on any atom is -0.370 e. The van der Waals surface area contributed by atoms with Crippen molar-refractivity contribution < 1.29 is 31.2 Å². The number of amides is 3. The molecule has 6 heterocycles. The van der Waals surface area contributed by atoms with E-state index in [1.165, 1.54) is 9.21 Å². The van der Waals surface area contributed by atoms with E-state index in [1.54, 1.807) is 22.9 Å². The SMILES string of the molecule is Cn1nc(N2CCC(=O)NC2=O)c2ccc(N3CC4(CN(Cc5cccc(S(=O)(=O)N6CCC(Nc7ncc(C(F)(F)F)cn7)CC6)c5)C4)C3)cc21. The van der Waals surface area contributed by atoms with E-state index in [1.807, 2.05) is 25.2 Å². The average molecular weight is 739 g/mol. The van der Waals surface area contributed by atoms with Gasteiger partial charge < -0.3 is 10.2 Å². The predicted octanol–water partition coefficient (Wildman–Crippen LogP) is 3.42. The summed E-state index contributed by atoms with van der Waals surface area (Å²) in [7, 11) is -1.89. The van der Waals surface area contributed by atoms with E-state index in [-0.39, 0.29) is 54.3 Å². The molecule has 4 saturated heterocycles. The fourth-order valence-electron chi connectivity index (χ4n) is 7.73. The third kappa shape index (κ3) is 6.43. The highest BCUT2D eigenvalue weighted by molar-refractivity contribution is 7.89. The summed E-state index contributed by atoms with van der Waals surface area (Å²) in [6.07, 6.45) is -1.89. The number of sulfonamides is 1. The summed E-state index contributed by atoms with van der Waals surface area (Å²) in [5.74, 6) is 0.328. The Bertz CT molecular complexity index is 2140. The highest BCUT2D eigenvalue weighted by Gasteiger charge is 2.51. The molecule has 8 rings (SSSR count). The molecule has 0 saturated carbocycles. The third-order valence-corrected chi connectivity index (χ3v) is 12.3. The normalized spacial score (nSPS) is 20.2. The molecule has 4 aliphatic rings. The van der Waals surface area contributed by atoms with Crippen molar-refractivity contribution >= 4 is 50.3 Å². The molecule has 3 amide bonds. The number of carbonyl (C=O) groups is 2. The second-order valence-electron chi connectivity index (χ2n) is 14.2. The van der Waals surface area contributed by atoms with E-state index in [2.05, 4.69) is 41.6 Å². The standard InChI is InChI=1S/C34H37F3N10O4S/c1-43-28-14-25(5-6-27(28)30(42-43)47-12-9-29(48)41-32(47)49)45-20-33(21-45)18-44(19-33)17-22-3-2-4-26(13-22)52(50,51)46-10-7-24(8-11-46)40-31-38-15-23(16-39-31)34(35,36)37/h2-6,13-16,24H,7-12,17-21H2,1H3,(H,38,39,40)(H,41,48,49). The second kappa shape index (κ2) is 12.7. The number of urea groups is 1. The van der Waals surface area contributed by atoms with Gasteiger partial charge in [-0.1, -0.05) is 12.1 Å². The van der Waals surface area contributed by atoms with Crippen molar-refractivity contribution in [3.05, 3.63) is 66.0 Å². The number of hydrogen-bond acceptors (Lipinski definition) is 10. The molecule has 2 aromatic carbocycles. The summed E-state index contributed by atoms with van der Waals surface area (Å²) in [6, 6.07) is 12.6. The zero-order valence-electron chi connectivity index (χ0n) is 28.3. The van der Waals surface area contributed by atoms with Gasteiger partial charge in [0.1, 0.15) is 0 Å². The van der Waals surface area contributed by atoms with Gasteiger partial charge in [0.05, 0.1) is 16.0 Å². The van der Waals surface area contributed by atoms with Crippen molar-refractivity contribution in [3.63, 3.8) is 0 Å². The number of nitrogens with one attached hydrogen (secondary N) is 2. The average Bonchev–Trinajstić information content (AvgIpc) is 3.40. The fourth-order valence-corrected chi connectivity index (χ4v) is 9.27. The van der Waals surface area contributed by atoms with Crippen molar-refractivity contribution in [1.82, 2.24) is 34.3 Å². The Morgan fingerprint density at radius 2 is 1.71 bits per heavy atom. The molecule has 0 aliphatic carbocycles. The van der Waals surface area contributed by atoms with Gasteiger partial charge in [-0.05, 0) is 48.7 Å². The Balaban J connectivity index is 0.833. The largest absolute Gasteiger partial charge is 0.419 e. The van der Waals surface area contributed by atoms with Gasteiger partial charge in [0, 0.05) is 101 Å². The first kappa shape index (κ1) is 34.3. The number of nitrogens with zero attached hydrogens (tertiary/aromatic N) is 8. The second-order valence-corrected chi connectivity index (χ2v) is 16.1. The number of hydrogen-bond donors (Lipinski definition) is 2. The number of fused-ring (bicyclic) bond motifs is 1. The van der Waals surface area contributed by atoms with Gasteiger partial charge in [0.2, 0.25) is 21.9 Å². The molecule has 2 N–H and O–H groups in total. The van der Waals surface area contributed by atoms with E-state index in [0.29, 0.717) is 25.2 Å². The van der Waals surface area contributed by atoms with Crippen molar-refractivity contribution in [2.24, 2.45) is 12.5 Å². The number of halogens is 3. The molecular weight excluding hydrogens is 702 g/mol. The fraction of sp³-hybridized carbons (Fsp3) is 0.441. The van der Waals surface area contributed by atoms with Gasteiger partial charge in [-0.15, -0.1) is 0 Å². The maximum absolute atomic E-state index is 13.6. The highest BCUT2D eigenvalue weighted by atomic mass is 32.2. The number of carbonyl (C=O) groups excluding carboxylic acids is 2. The number of aryl methyl sites for hydroxylation is 1. The van der Waals surface area contributed by atoms with Crippen molar-refractivity contribution in [3.8, 4) is 0 Å². The third-order valence-electron chi connectivity index (χ3n) is 10.4. The van der Waals surface area contributed by atoms with Gasteiger partial charge in [-0.2, -0.15) is 22.6 Å². The number of aromatic nitrogens is 4. The van der Waals surface area contributed by atoms with Crippen molar-refractivity contribution in [2.75, 3.05) is 60.9 Å². The van der Waals surface area contributed by atoms with E-state index >= 15 is 0 Å². The van der Waals surface area contributed by atoms with Crippen LogP contribution in [0.1, 0.15) is 30.4 Å². The molecule has 0 atom stereocenters. The quantitative estimate of drug-likeness (QED) is 0.276. The predicted molar refractivity (Wildman–Crippen MR) is 185 cm³/mol. The lowest BCUT2D eigenvalue weighted by Gasteiger charge is -2.61. The Morgan fingerprint density at radius 3 is 2.40 bits per heavy atom. The highest BCUT2D eigenvalue weighted by Crippen LogP contribution is 2.43. The van der Waals surface area contributed by atoms with Crippen LogP contribution in [0.3, 0.4) is 0 Å². The minimum atomic E-state index is -4.51. The molecule has 4 aromatic rings. The lowest BCUT2D eigenvalue weighted by atomic mass is 9.72. The van der Waals surface area contributed by atoms with Crippen molar-refractivity contribution in [1.29, 1.82) is 0 Å². The Kier molecular flexibility index (Phi) is 8.37. The van der Waals surface area contributed by atoms with Gasteiger partial charge in [-0.3, -0.25) is 24.6 Å². The number of piperidine rings is 1. The van der Waals surface area contributed by atoms with E-state index in [9.17, 15) is 31.2 Å². The van der Waals surface area contributed by atoms with Crippen LogP contribution in [-0.2, 0) is 34.6 Å². The molecule has 4 aliphatic heterocycles. The number of anilines is 3. The van der Waals surface area contributed by atoms with E-state index < -0.39 is 27.8 Å². The number of rotatable bonds is 8. The summed E-state index contributed by atoms with van der Waals surface area (Å²) in [6.45, 7) is 5.08. The Labute approximate surface area is 297 Å². The maximum Gasteiger partial charge on any atom is 0.419 e. The molecular formula is C34H37F3N10O4S. The Morgan fingerprint density at radius 1 is 0.981 bits per heavy atom. The topological polar surface area (TPSA) is 149 Å². The van der Waals surface area contributed by atoms with E-state index in [4.69, 9.17) is 0 Å². The van der Waals surface area contributed by atoms with Crippen LogP contribution in [0.5, 0.6) is 0 Å². The van der Waals surface area contributed by atoms with Crippen LogP contribution in [0.4, 0.5) is 35.4 Å². The lowest BCUT2D eigenvalue weighted by molar-refractivity contribution is -0.138. The summed E-state index contributed by atoms with van der Waals surface area (Å²) in [5, 5.41) is 10.8. The van der Waals surface area contributed by atoms with Crippen LogP contribution in [-0.4, -0.2) is 101 Å².